The molecule has 0 saturated heterocycles. The lowest BCUT2D eigenvalue weighted by Gasteiger charge is -2.20. The Morgan fingerprint density at radius 3 is 2.44 bits per heavy atom. The molecule has 0 amide bonds. The third kappa shape index (κ3) is 2.15. The van der Waals surface area contributed by atoms with E-state index in [2.05, 4.69) is 27.7 Å². The normalized spacial score (nSPS) is 40.3. The molecule has 1 N–H and O–H groups in total. The van der Waals surface area contributed by atoms with Gasteiger partial charge in [-0.1, -0.05) is 31.9 Å². The summed E-state index contributed by atoms with van der Waals surface area (Å²) in [6.07, 6.45) is 5.73. The van der Waals surface area contributed by atoms with E-state index in [1.807, 2.05) is 5.57 Å². The summed E-state index contributed by atoms with van der Waals surface area (Å²) in [6, 6.07) is 0. The topological polar surface area (TPSA) is 20.2 Å². The fourth-order valence-electron chi connectivity index (χ4n) is 4.73. The second-order valence-electron chi connectivity index (χ2n) is 7.16. The Bertz CT molecular complexity index is 340. The zero-order chi connectivity index (χ0) is 13.5. The average molecular weight is 250 g/mol. The first kappa shape index (κ1) is 14.1. The molecule has 0 unspecified atom stereocenters. The molecular weight excluding hydrogens is 220 g/mol. The molecule has 3 aliphatic carbocycles. The first-order valence-electron chi connectivity index (χ1n) is 7.74. The van der Waals surface area contributed by atoms with Gasteiger partial charge in [0.2, 0.25) is 0 Å². The Labute approximate surface area is 113 Å². The van der Waals surface area contributed by atoms with Crippen molar-refractivity contribution < 1.29 is 5.11 Å². The SMILES string of the molecule is CC1=C2CC[C@@H](C)[C@H]2[C@H]2[C@@H](CC1)C2(C)C.CCO. The molecule has 18 heavy (non-hydrogen) atoms. The van der Waals surface area contributed by atoms with Crippen LogP contribution in [0.4, 0.5) is 0 Å². The number of aliphatic hydroxyl groups excluding tert-OH is 1. The third-order valence-electron chi connectivity index (χ3n) is 5.79. The summed E-state index contributed by atoms with van der Waals surface area (Å²) >= 11 is 0. The van der Waals surface area contributed by atoms with Gasteiger partial charge in [-0.2, -0.15) is 0 Å². The second-order valence-corrected chi connectivity index (χ2v) is 7.16. The Balaban J connectivity index is 0.000000367. The smallest absolute Gasteiger partial charge is 0.0402 e. The zero-order valence-corrected chi connectivity index (χ0v) is 12.8. The van der Waals surface area contributed by atoms with Gasteiger partial charge in [0.15, 0.2) is 0 Å². The maximum Gasteiger partial charge on any atom is 0.0402 e. The summed E-state index contributed by atoms with van der Waals surface area (Å²) in [4.78, 5) is 0. The van der Waals surface area contributed by atoms with Gasteiger partial charge in [0, 0.05) is 6.61 Å². The molecule has 0 aromatic rings. The van der Waals surface area contributed by atoms with Gasteiger partial charge in [0.1, 0.15) is 0 Å². The van der Waals surface area contributed by atoms with E-state index in [9.17, 15) is 0 Å². The van der Waals surface area contributed by atoms with Crippen molar-refractivity contribution >= 4 is 0 Å². The number of rotatable bonds is 0. The Hall–Kier alpha value is -0.300. The average Bonchev–Trinajstić information content (AvgIpc) is 2.68. The number of hydrogen-bond acceptors (Lipinski definition) is 1. The van der Waals surface area contributed by atoms with Crippen LogP contribution in [0.3, 0.4) is 0 Å². The van der Waals surface area contributed by atoms with E-state index in [4.69, 9.17) is 5.11 Å². The fourth-order valence-corrected chi connectivity index (χ4v) is 4.73. The van der Waals surface area contributed by atoms with Crippen molar-refractivity contribution in [2.75, 3.05) is 6.61 Å². The molecule has 3 rings (SSSR count). The molecule has 3 aliphatic rings. The highest BCUT2D eigenvalue weighted by atomic mass is 16.2. The van der Waals surface area contributed by atoms with E-state index >= 15 is 0 Å². The highest BCUT2D eigenvalue weighted by molar-refractivity contribution is 5.29. The van der Waals surface area contributed by atoms with Crippen LogP contribution in [-0.4, -0.2) is 11.7 Å². The van der Waals surface area contributed by atoms with Crippen LogP contribution >= 0.6 is 0 Å². The summed E-state index contributed by atoms with van der Waals surface area (Å²) in [5.41, 5.74) is 4.29. The third-order valence-corrected chi connectivity index (χ3v) is 5.79. The van der Waals surface area contributed by atoms with Crippen molar-refractivity contribution in [1.82, 2.24) is 0 Å². The molecule has 0 aromatic heterocycles. The van der Waals surface area contributed by atoms with Gasteiger partial charge >= 0.3 is 0 Å². The lowest BCUT2D eigenvalue weighted by Crippen LogP contribution is -2.12. The molecule has 0 radical (unpaired) electrons. The van der Waals surface area contributed by atoms with Crippen molar-refractivity contribution in [1.29, 1.82) is 0 Å². The summed E-state index contributed by atoms with van der Waals surface area (Å²) in [6.45, 7) is 11.8. The molecule has 0 aromatic carbocycles. The summed E-state index contributed by atoms with van der Waals surface area (Å²) in [5, 5.41) is 7.57. The van der Waals surface area contributed by atoms with Crippen LogP contribution in [0.2, 0.25) is 0 Å². The quantitative estimate of drug-likeness (QED) is 0.631. The minimum Gasteiger partial charge on any atom is -0.397 e. The van der Waals surface area contributed by atoms with E-state index in [1.54, 1.807) is 12.5 Å². The molecule has 2 fully saturated rings. The van der Waals surface area contributed by atoms with Gasteiger partial charge in [-0.25, -0.2) is 0 Å². The first-order valence-corrected chi connectivity index (χ1v) is 7.74. The van der Waals surface area contributed by atoms with Crippen molar-refractivity contribution in [3.63, 3.8) is 0 Å². The largest absolute Gasteiger partial charge is 0.397 e. The maximum absolute atomic E-state index is 7.57. The number of aliphatic hydroxyl groups is 1. The van der Waals surface area contributed by atoms with Crippen molar-refractivity contribution in [3.05, 3.63) is 11.1 Å². The van der Waals surface area contributed by atoms with E-state index in [-0.39, 0.29) is 6.61 Å². The van der Waals surface area contributed by atoms with Crippen LogP contribution in [-0.2, 0) is 0 Å². The van der Waals surface area contributed by atoms with Gasteiger partial charge < -0.3 is 5.11 Å². The van der Waals surface area contributed by atoms with Gasteiger partial charge in [-0.15, -0.1) is 0 Å². The van der Waals surface area contributed by atoms with Crippen LogP contribution in [0, 0.1) is 29.1 Å². The second kappa shape index (κ2) is 5.00. The number of fused-ring (bicyclic) bond motifs is 3. The summed E-state index contributed by atoms with van der Waals surface area (Å²) in [7, 11) is 0. The lowest BCUT2D eigenvalue weighted by atomic mass is 9.85. The highest BCUT2D eigenvalue weighted by Crippen LogP contribution is 2.69. The van der Waals surface area contributed by atoms with Crippen LogP contribution in [0.15, 0.2) is 11.1 Å². The molecule has 1 nitrogen and oxygen atoms in total. The predicted molar refractivity (Wildman–Crippen MR) is 77.3 cm³/mol. The van der Waals surface area contributed by atoms with Crippen molar-refractivity contribution in [3.8, 4) is 0 Å². The van der Waals surface area contributed by atoms with Gasteiger partial charge in [0.05, 0.1) is 0 Å². The van der Waals surface area contributed by atoms with Crippen molar-refractivity contribution in [2.24, 2.45) is 29.1 Å². The minimum absolute atomic E-state index is 0.250. The van der Waals surface area contributed by atoms with E-state index in [0.717, 1.165) is 23.7 Å². The number of allylic oxidation sites excluding steroid dienone is 2. The molecule has 2 saturated carbocycles. The molecule has 104 valence electrons. The molecule has 0 spiro atoms. The van der Waals surface area contributed by atoms with Gasteiger partial charge in [-0.3, -0.25) is 0 Å². The standard InChI is InChI=1S/C15H24.C2H6O/c1-9-6-8-12-14(15(12,3)4)13-10(2)5-7-11(9)13;1-2-3/h10,12-14H,5-8H2,1-4H3;3H,2H2,1H3/t10-,12-,13-,14-;/m1./s1. The fraction of sp³-hybridized carbons (Fsp3) is 0.882. The molecule has 0 bridgehead atoms. The molecule has 4 atom stereocenters. The molecule has 1 heteroatoms. The molecule has 0 heterocycles. The monoisotopic (exact) mass is 250 g/mol. The zero-order valence-electron chi connectivity index (χ0n) is 12.8. The van der Waals surface area contributed by atoms with Crippen LogP contribution in [0.5, 0.6) is 0 Å². The minimum atomic E-state index is 0.250. The first-order chi connectivity index (χ1) is 8.45. The Morgan fingerprint density at radius 1 is 1.22 bits per heavy atom. The van der Waals surface area contributed by atoms with Crippen molar-refractivity contribution in [2.45, 2.75) is 60.3 Å². The van der Waals surface area contributed by atoms with E-state index in [0.29, 0.717) is 5.41 Å². The predicted octanol–water partition coefficient (Wildman–Crippen LogP) is 4.41. The highest BCUT2D eigenvalue weighted by Gasteiger charge is 2.62. The molecule has 0 aliphatic heterocycles. The Morgan fingerprint density at radius 2 is 1.83 bits per heavy atom. The van der Waals surface area contributed by atoms with Gasteiger partial charge in [0.25, 0.3) is 0 Å². The van der Waals surface area contributed by atoms with E-state index in [1.165, 1.54) is 25.7 Å². The van der Waals surface area contributed by atoms with Crippen LogP contribution in [0.25, 0.3) is 0 Å². The van der Waals surface area contributed by atoms with Crippen LogP contribution < -0.4 is 0 Å². The van der Waals surface area contributed by atoms with Crippen LogP contribution in [0.1, 0.15) is 60.3 Å². The lowest BCUT2D eigenvalue weighted by molar-refractivity contribution is 0.318. The van der Waals surface area contributed by atoms with E-state index < -0.39 is 0 Å². The number of hydrogen-bond donors (Lipinski definition) is 1. The molecular formula is C17H30O. The summed E-state index contributed by atoms with van der Waals surface area (Å²) in [5.74, 6) is 3.99. The summed E-state index contributed by atoms with van der Waals surface area (Å²) < 4.78 is 0. The maximum atomic E-state index is 7.57. The van der Waals surface area contributed by atoms with Gasteiger partial charge in [-0.05, 0) is 68.6 Å². The Kier molecular flexibility index (Phi) is 3.92.